The minimum atomic E-state index is -1.85. The van der Waals surface area contributed by atoms with E-state index in [0.717, 1.165) is 38.5 Å². The summed E-state index contributed by atoms with van der Waals surface area (Å²) in [4.78, 5) is 26.8. The van der Waals surface area contributed by atoms with Crippen molar-refractivity contribution in [1.29, 1.82) is 0 Å². The van der Waals surface area contributed by atoms with Gasteiger partial charge in [0.05, 0.1) is 6.10 Å². The van der Waals surface area contributed by atoms with Gasteiger partial charge in [0, 0.05) is 24.4 Å². The van der Waals surface area contributed by atoms with Crippen molar-refractivity contribution in [2.45, 2.75) is 122 Å². The molecule has 0 radical (unpaired) electrons. The average Bonchev–Trinajstić information content (AvgIpc) is 3.36. The molecule has 0 bridgehead atoms. The lowest BCUT2D eigenvalue weighted by atomic mass is 9.71. The highest BCUT2D eigenvalue weighted by Crippen LogP contribution is 2.57. The summed E-state index contributed by atoms with van der Waals surface area (Å²) in [7, 11) is -1.85. The molecule has 3 aliphatic carbocycles. The first kappa shape index (κ1) is 28.0. The van der Waals surface area contributed by atoms with E-state index in [0.29, 0.717) is 30.6 Å². The van der Waals surface area contributed by atoms with Crippen LogP contribution < -0.4 is 0 Å². The fourth-order valence-corrected chi connectivity index (χ4v) is 8.77. The predicted octanol–water partition coefficient (Wildman–Crippen LogP) is 6.30. The number of ether oxygens (including phenoxy) is 1. The van der Waals surface area contributed by atoms with Gasteiger partial charge in [-0.3, -0.25) is 9.59 Å². The fraction of sp³-hybridized carbons (Fsp3) is 0.867. The van der Waals surface area contributed by atoms with Crippen molar-refractivity contribution in [3.8, 4) is 0 Å². The van der Waals surface area contributed by atoms with Crippen molar-refractivity contribution < 1.29 is 23.9 Å². The number of fused-ring (bicyclic) bond motifs is 5. The Kier molecular flexibility index (Phi) is 8.29. The van der Waals surface area contributed by atoms with Crippen LogP contribution in [0.4, 0.5) is 0 Å². The molecular formula is C30H50O5Si. The summed E-state index contributed by atoms with van der Waals surface area (Å²) in [6.45, 7) is 15.5. The van der Waals surface area contributed by atoms with Gasteiger partial charge in [0.2, 0.25) is 0 Å². The van der Waals surface area contributed by atoms with E-state index in [-0.39, 0.29) is 52.7 Å². The second kappa shape index (κ2) is 10.6. The Balaban J connectivity index is 1.55. The molecule has 0 amide bonds. The Morgan fingerprint density at radius 2 is 1.78 bits per heavy atom. The molecule has 2 saturated carbocycles. The molecule has 204 valence electrons. The fourth-order valence-electron chi connectivity index (χ4n) is 7.39. The number of carbonyl (C=O) groups excluding carboxylic acids is 2. The maximum Gasteiger partial charge on any atom is 0.306 e. The first-order valence-corrected chi connectivity index (χ1v) is 17.5. The van der Waals surface area contributed by atoms with E-state index in [1.807, 2.05) is 13.8 Å². The number of rotatable bonds is 3. The molecule has 36 heavy (non-hydrogen) atoms. The molecular weight excluding hydrogens is 468 g/mol. The number of esters is 1. The molecule has 6 heteroatoms. The number of cyclic esters (lactones) is 1. The van der Waals surface area contributed by atoms with Crippen LogP contribution in [0.2, 0.25) is 18.1 Å². The highest BCUT2D eigenvalue weighted by molar-refractivity contribution is 6.74. The third kappa shape index (κ3) is 5.56. The molecule has 0 aromatic heterocycles. The zero-order valence-corrected chi connectivity index (χ0v) is 24.7. The van der Waals surface area contributed by atoms with Crippen molar-refractivity contribution in [2.24, 2.45) is 41.4 Å². The number of hydrogen-bond donors (Lipinski definition) is 1. The second-order valence-electron chi connectivity index (χ2n) is 13.8. The van der Waals surface area contributed by atoms with Gasteiger partial charge >= 0.3 is 5.97 Å². The van der Waals surface area contributed by atoms with E-state index in [1.54, 1.807) is 0 Å². The van der Waals surface area contributed by atoms with E-state index in [1.165, 1.54) is 0 Å². The molecule has 0 unspecified atom stereocenters. The Morgan fingerprint density at radius 3 is 2.44 bits per heavy atom. The topological polar surface area (TPSA) is 72.8 Å². The molecule has 3 fully saturated rings. The summed E-state index contributed by atoms with van der Waals surface area (Å²) >= 11 is 0. The Bertz CT molecular complexity index is 845. The maximum absolute atomic E-state index is 13.7. The summed E-state index contributed by atoms with van der Waals surface area (Å²) in [5.41, 5.74) is 0. The number of Topliss-reactive ketones (excluding diaryl/α,β-unsaturated/α-hetero) is 1. The highest BCUT2D eigenvalue weighted by Gasteiger charge is 2.55. The lowest BCUT2D eigenvalue weighted by Gasteiger charge is -2.38. The van der Waals surface area contributed by atoms with Gasteiger partial charge < -0.3 is 14.3 Å². The third-order valence-electron chi connectivity index (χ3n) is 10.6. The van der Waals surface area contributed by atoms with Crippen LogP contribution >= 0.6 is 0 Å². The average molecular weight is 519 g/mol. The van der Waals surface area contributed by atoms with Crippen molar-refractivity contribution in [1.82, 2.24) is 0 Å². The van der Waals surface area contributed by atoms with Crippen LogP contribution in [0.1, 0.15) is 86.0 Å². The van der Waals surface area contributed by atoms with Crippen molar-refractivity contribution >= 4 is 20.1 Å². The van der Waals surface area contributed by atoms with Gasteiger partial charge in [-0.05, 0) is 92.7 Å². The number of carbonyl (C=O) groups is 2. The molecule has 10 atom stereocenters. The first-order valence-electron chi connectivity index (χ1n) is 14.6. The van der Waals surface area contributed by atoms with E-state index in [4.69, 9.17) is 9.16 Å². The lowest BCUT2D eigenvalue weighted by Crippen LogP contribution is -2.43. The van der Waals surface area contributed by atoms with Gasteiger partial charge in [-0.15, -0.1) is 0 Å². The Hall–Kier alpha value is -0.983. The van der Waals surface area contributed by atoms with E-state index < -0.39 is 14.4 Å². The molecule has 4 aliphatic rings. The normalized spacial score (nSPS) is 42.1. The number of hydrogen-bond acceptors (Lipinski definition) is 5. The predicted molar refractivity (Wildman–Crippen MR) is 145 cm³/mol. The van der Waals surface area contributed by atoms with Crippen LogP contribution in [0, 0.1) is 41.4 Å². The standard InChI is InChI=1S/C30H50O5Si/c1-8-20-10-9-11-27(31)18(2)29(33)26-16-24-22(25(26)17-28(32)34-20)13-12-19-14-21(15-23(19)24)35-36(6,7)30(3,4)5/h12-13,18-27,31H,8-11,14-17H2,1-7H3/t18-,19-,20+,21-,22-,23-,24-,25+,26-,27-/m1/s1. The number of aliphatic hydroxyl groups excluding tert-OH is 1. The Labute approximate surface area is 219 Å². The molecule has 1 saturated heterocycles. The molecule has 0 spiro atoms. The van der Waals surface area contributed by atoms with Crippen LogP contribution in [-0.4, -0.2) is 43.5 Å². The zero-order chi connectivity index (χ0) is 26.4. The van der Waals surface area contributed by atoms with Gasteiger partial charge in [-0.2, -0.15) is 0 Å². The SMILES string of the molecule is CC[C@H]1CCC[C@@H](O)[C@@H](C)C(=O)[C@@H]2C[C@@H]3[C@@H](C=C[C@@H]4C[C@@H](O[Si](C)(C)C(C)(C)C)C[C@@H]34)[C@@H]2CC(=O)O1. The first-order chi connectivity index (χ1) is 16.8. The minimum absolute atomic E-state index is 0.0286. The van der Waals surface area contributed by atoms with Crippen molar-refractivity contribution in [2.75, 3.05) is 0 Å². The van der Waals surface area contributed by atoms with Crippen LogP contribution in [0.15, 0.2) is 12.2 Å². The van der Waals surface area contributed by atoms with Gasteiger partial charge in [0.15, 0.2) is 8.32 Å². The summed E-state index contributed by atoms with van der Waals surface area (Å²) in [5.74, 6) is 1.04. The monoisotopic (exact) mass is 518 g/mol. The minimum Gasteiger partial charge on any atom is -0.462 e. The number of allylic oxidation sites excluding steroid dienone is 2. The van der Waals surface area contributed by atoms with E-state index in [9.17, 15) is 14.7 Å². The molecule has 1 aliphatic heterocycles. The molecule has 0 aromatic rings. The van der Waals surface area contributed by atoms with Gasteiger partial charge in [-0.25, -0.2) is 0 Å². The molecule has 0 aromatic carbocycles. The van der Waals surface area contributed by atoms with E-state index >= 15 is 0 Å². The molecule has 4 rings (SSSR count). The highest BCUT2D eigenvalue weighted by atomic mass is 28.4. The molecule has 1 heterocycles. The number of ketones is 1. The van der Waals surface area contributed by atoms with Crippen molar-refractivity contribution in [3.05, 3.63) is 12.2 Å². The smallest absolute Gasteiger partial charge is 0.306 e. The Morgan fingerprint density at radius 1 is 1.06 bits per heavy atom. The molecule has 1 N–H and O–H groups in total. The summed E-state index contributed by atoms with van der Waals surface area (Å²) in [6.07, 6.45) is 10.4. The summed E-state index contributed by atoms with van der Waals surface area (Å²) in [5, 5.41) is 11.0. The number of aliphatic hydroxyl groups is 1. The molecule has 5 nitrogen and oxygen atoms in total. The van der Waals surface area contributed by atoms with Gasteiger partial charge in [0.1, 0.15) is 11.9 Å². The van der Waals surface area contributed by atoms with Gasteiger partial charge in [-0.1, -0.05) is 46.8 Å². The quantitative estimate of drug-likeness (QED) is 0.269. The summed E-state index contributed by atoms with van der Waals surface area (Å²) in [6, 6.07) is 0. The van der Waals surface area contributed by atoms with Crippen molar-refractivity contribution in [3.63, 3.8) is 0 Å². The maximum atomic E-state index is 13.7. The van der Waals surface area contributed by atoms with Crippen LogP contribution in [-0.2, 0) is 18.8 Å². The third-order valence-corrected chi connectivity index (χ3v) is 15.2. The summed E-state index contributed by atoms with van der Waals surface area (Å²) < 4.78 is 12.7. The van der Waals surface area contributed by atoms with Crippen LogP contribution in [0.25, 0.3) is 0 Å². The zero-order valence-electron chi connectivity index (χ0n) is 23.7. The van der Waals surface area contributed by atoms with Crippen LogP contribution in [0.5, 0.6) is 0 Å². The van der Waals surface area contributed by atoms with E-state index in [2.05, 4.69) is 46.0 Å². The lowest BCUT2D eigenvalue weighted by molar-refractivity contribution is -0.152. The van der Waals surface area contributed by atoms with Crippen LogP contribution in [0.3, 0.4) is 0 Å². The largest absolute Gasteiger partial charge is 0.462 e. The van der Waals surface area contributed by atoms with Gasteiger partial charge in [0.25, 0.3) is 0 Å². The second-order valence-corrected chi connectivity index (χ2v) is 18.6.